The maximum Gasteiger partial charge on any atom is 0.312 e. The molecule has 2 atom stereocenters. The molecular formula is C14H26O3. The molecule has 3 heteroatoms. The van der Waals surface area contributed by atoms with E-state index in [2.05, 4.69) is 13.8 Å². The van der Waals surface area contributed by atoms with Crippen molar-refractivity contribution in [2.24, 2.45) is 17.3 Å². The first-order valence-corrected chi connectivity index (χ1v) is 6.61. The molecular weight excluding hydrogens is 216 g/mol. The fourth-order valence-electron chi connectivity index (χ4n) is 3.17. The zero-order valence-electron chi connectivity index (χ0n) is 11.7. The van der Waals surface area contributed by atoms with Crippen LogP contribution in [0, 0.1) is 17.3 Å². The third kappa shape index (κ3) is 3.21. The summed E-state index contributed by atoms with van der Waals surface area (Å²) in [5.41, 5.74) is -0.766. The summed E-state index contributed by atoms with van der Waals surface area (Å²) < 4.78 is 5.11. The van der Waals surface area contributed by atoms with Gasteiger partial charge in [0.15, 0.2) is 0 Å². The van der Waals surface area contributed by atoms with Crippen LogP contribution in [0.2, 0.25) is 0 Å². The standard InChI is InChI=1S/C14H26O3/c1-6-17-12(15)11(10(2)3)14(16)8-7-13(4,5)9-14/h10-11,16H,6-9H2,1-5H3. The predicted molar refractivity (Wildman–Crippen MR) is 67.5 cm³/mol. The summed E-state index contributed by atoms with van der Waals surface area (Å²) in [6.07, 6.45) is 2.34. The molecule has 0 spiro atoms. The lowest BCUT2D eigenvalue weighted by Gasteiger charge is -2.34. The summed E-state index contributed by atoms with van der Waals surface area (Å²) in [6.45, 7) is 10.4. The molecule has 0 aromatic rings. The van der Waals surface area contributed by atoms with Gasteiger partial charge in [0.2, 0.25) is 0 Å². The van der Waals surface area contributed by atoms with Crippen LogP contribution in [0.5, 0.6) is 0 Å². The highest BCUT2D eigenvalue weighted by Crippen LogP contribution is 2.49. The van der Waals surface area contributed by atoms with E-state index in [9.17, 15) is 9.90 Å². The molecule has 100 valence electrons. The Morgan fingerprint density at radius 2 is 1.94 bits per heavy atom. The topological polar surface area (TPSA) is 46.5 Å². The van der Waals surface area contributed by atoms with E-state index in [1.54, 1.807) is 6.92 Å². The van der Waals surface area contributed by atoms with E-state index >= 15 is 0 Å². The SMILES string of the molecule is CCOC(=O)C(C(C)C)C1(O)CCC(C)(C)C1. The number of esters is 1. The first-order chi connectivity index (χ1) is 7.72. The second-order valence-corrected chi connectivity index (χ2v) is 6.42. The van der Waals surface area contributed by atoms with Gasteiger partial charge in [0.25, 0.3) is 0 Å². The van der Waals surface area contributed by atoms with E-state index in [1.165, 1.54) is 0 Å². The van der Waals surface area contributed by atoms with Crippen LogP contribution in [0.15, 0.2) is 0 Å². The van der Waals surface area contributed by atoms with Crippen LogP contribution in [0.3, 0.4) is 0 Å². The lowest BCUT2D eigenvalue weighted by atomic mass is 9.76. The molecule has 1 saturated carbocycles. The zero-order valence-corrected chi connectivity index (χ0v) is 11.7. The Hall–Kier alpha value is -0.570. The molecule has 0 aliphatic heterocycles. The van der Waals surface area contributed by atoms with Gasteiger partial charge in [-0.15, -0.1) is 0 Å². The van der Waals surface area contributed by atoms with Crippen LogP contribution in [-0.2, 0) is 9.53 Å². The first-order valence-electron chi connectivity index (χ1n) is 6.61. The minimum Gasteiger partial charge on any atom is -0.466 e. The predicted octanol–water partition coefficient (Wildman–Crippen LogP) is 2.76. The van der Waals surface area contributed by atoms with Crippen molar-refractivity contribution < 1.29 is 14.6 Å². The van der Waals surface area contributed by atoms with E-state index in [-0.39, 0.29) is 17.3 Å². The monoisotopic (exact) mass is 242 g/mol. The van der Waals surface area contributed by atoms with E-state index < -0.39 is 11.5 Å². The van der Waals surface area contributed by atoms with Crippen LogP contribution >= 0.6 is 0 Å². The van der Waals surface area contributed by atoms with Crippen LogP contribution in [0.1, 0.15) is 53.9 Å². The number of aliphatic hydroxyl groups is 1. The molecule has 0 aromatic heterocycles. The summed E-state index contributed by atoms with van der Waals surface area (Å²) >= 11 is 0. The van der Waals surface area contributed by atoms with Crippen molar-refractivity contribution in [1.29, 1.82) is 0 Å². The number of carbonyl (C=O) groups is 1. The van der Waals surface area contributed by atoms with Crippen molar-refractivity contribution in [3.05, 3.63) is 0 Å². The molecule has 0 bridgehead atoms. The Bertz CT molecular complexity index is 283. The maximum absolute atomic E-state index is 12.0. The number of hydrogen-bond donors (Lipinski definition) is 1. The van der Waals surface area contributed by atoms with Gasteiger partial charge in [-0.3, -0.25) is 4.79 Å². The number of carbonyl (C=O) groups excluding carboxylic acids is 1. The quantitative estimate of drug-likeness (QED) is 0.771. The summed E-state index contributed by atoms with van der Waals surface area (Å²) in [5, 5.41) is 10.8. The molecule has 17 heavy (non-hydrogen) atoms. The van der Waals surface area contributed by atoms with Gasteiger partial charge >= 0.3 is 5.97 Å². The number of rotatable bonds is 4. The second-order valence-electron chi connectivity index (χ2n) is 6.42. The molecule has 0 saturated heterocycles. The second kappa shape index (κ2) is 4.97. The van der Waals surface area contributed by atoms with Crippen molar-refractivity contribution >= 4 is 5.97 Å². The highest BCUT2D eigenvalue weighted by molar-refractivity contribution is 5.74. The summed E-state index contributed by atoms with van der Waals surface area (Å²) in [6, 6.07) is 0. The Morgan fingerprint density at radius 1 is 1.35 bits per heavy atom. The van der Waals surface area contributed by atoms with Gasteiger partial charge in [-0.25, -0.2) is 0 Å². The summed E-state index contributed by atoms with van der Waals surface area (Å²) in [7, 11) is 0. The van der Waals surface area contributed by atoms with Gasteiger partial charge in [-0.05, 0) is 37.5 Å². The molecule has 1 fully saturated rings. The Labute approximate surface area is 105 Å². The van der Waals surface area contributed by atoms with Crippen molar-refractivity contribution in [2.75, 3.05) is 6.61 Å². The fraction of sp³-hybridized carbons (Fsp3) is 0.929. The van der Waals surface area contributed by atoms with Crippen LogP contribution in [0.25, 0.3) is 0 Å². The van der Waals surface area contributed by atoms with Crippen LogP contribution in [-0.4, -0.2) is 23.3 Å². The molecule has 3 nitrogen and oxygen atoms in total. The molecule has 0 radical (unpaired) electrons. The van der Waals surface area contributed by atoms with Gasteiger partial charge in [-0.1, -0.05) is 27.7 Å². The van der Waals surface area contributed by atoms with E-state index in [1.807, 2.05) is 13.8 Å². The summed E-state index contributed by atoms with van der Waals surface area (Å²) in [4.78, 5) is 12.0. The molecule has 2 unspecified atom stereocenters. The highest BCUT2D eigenvalue weighted by atomic mass is 16.5. The molecule has 0 amide bonds. The number of ether oxygens (including phenoxy) is 1. The molecule has 0 aromatic carbocycles. The molecule has 0 heterocycles. The van der Waals surface area contributed by atoms with Crippen LogP contribution in [0.4, 0.5) is 0 Å². The fourth-order valence-corrected chi connectivity index (χ4v) is 3.17. The molecule has 1 rings (SSSR count). The average molecular weight is 242 g/mol. The van der Waals surface area contributed by atoms with Gasteiger partial charge in [0, 0.05) is 0 Å². The van der Waals surface area contributed by atoms with E-state index in [0.29, 0.717) is 19.4 Å². The molecule has 1 N–H and O–H groups in total. The Kier molecular flexibility index (Phi) is 4.23. The lowest BCUT2D eigenvalue weighted by molar-refractivity contribution is -0.162. The van der Waals surface area contributed by atoms with Gasteiger partial charge in [-0.2, -0.15) is 0 Å². The maximum atomic E-state index is 12.0. The lowest BCUT2D eigenvalue weighted by Crippen LogP contribution is -2.44. The minimum atomic E-state index is -0.885. The highest BCUT2D eigenvalue weighted by Gasteiger charge is 2.51. The zero-order chi connectivity index (χ0) is 13.3. The minimum absolute atomic E-state index is 0.105. The van der Waals surface area contributed by atoms with E-state index in [4.69, 9.17) is 4.74 Å². The Morgan fingerprint density at radius 3 is 2.29 bits per heavy atom. The van der Waals surface area contributed by atoms with Crippen molar-refractivity contribution in [1.82, 2.24) is 0 Å². The van der Waals surface area contributed by atoms with Gasteiger partial charge in [0.1, 0.15) is 0 Å². The Balaban J connectivity index is 2.88. The van der Waals surface area contributed by atoms with Gasteiger partial charge < -0.3 is 9.84 Å². The molecule has 1 aliphatic carbocycles. The van der Waals surface area contributed by atoms with Crippen molar-refractivity contribution in [2.45, 2.75) is 59.5 Å². The summed E-state index contributed by atoms with van der Waals surface area (Å²) in [5.74, 6) is -0.542. The molecule has 1 aliphatic rings. The third-order valence-corrected chi connectivity index (χ3v) is 3.81. The van der Waals surface area contributed by atoms with E-state index in [0.717, 1.165) is 6.42 Å². The first kappa shape index (κ1) is 14.5. The van der Waals surface area contributed by atoms with Crippen molar-refractivity contribution in [3.63, 3.8) is 0 Å². The average Bonchev–Trinajstić information content (AvgIpc) is 2.40. The van der Waals surface area contributed by atoms with Crippen molar-refractivity contribution in [3.8, 4) is 0 Å². The normalized spacial score (nSPS) is 29.4. The smallest absolute Gasteiger partial charge is 0.312 e. The van der Waals surface area contributed by atoms with Crippen LogP contribution < -0.4 is 0 Å². The third-order valence-electron chi connectivity index (χ3n) is 3.81. The van der Waals surface area contributed by atoms with Gasteiger partial charge in [0.05, 0.1) is 18.1 Å². The number of hydrogen-bond acceptors (Lipinski definition) is 3. The largest absolute Gasteiger partial charge is 0.466 e.